The normalized spacial score (nSPS) is 12.2. The fourth-order valence-corrected chi connectivity index (χ4v) is 1.93. The second-order valence-corrected chi connectivity index (χ2v) is 3.85. The van der Waals surface area contributed by atoms with Crippen molar-refractivity contribution in [2.24, 2.45) is 0 Å². The molecule has 0 aliphatic heterocycles. The van der Waals surface area contributed by atoms with Gasteiger partial charge >= 0.3 is 6.18 Å². The Morgan fingerprint density at radius 1 is 1.38 bits per heavy atom. The van der Waals surface area contributed by atoms with E-state index >= 15 is 0 Å². The summed E-state index contributed by atoms with van der Waals surface area (Å²) in [5, 5.41) is 0. The van der Waals surface area contributed by atoms with E-state index in [1.54, 1.807) is 0 Å². The first-order valence-corrected chi connectivity index (χ1v) is 5.20. The topological polar surface area (TPSA) is 12.9 Å². The van der Waals surface area contributed by atoms with Crippen molar-refractivity contribution >= 4 is 27.5 Å². The third-order valence-electron chi connectivity index (χ3n) is 1.70. The van der Waals surface area contributed by atoms with E-state index < -0.39 is 28.3 Å². The predicted octanol–water partition coefficient (Wildman–Crippen LogP) is 4.54. The summed E-state index contributed by atoms with van der Waals surface area (Å²) >= 11 is 7.97. The summed E-state index contributed by atoms with van der Waals surface area (Å²) in [7, 11) is 0. The standard InChI is InChI=1S/C8H4BrClF5N/c9-6-3(8(13,14)15)1-4(7(11)12)16-5(6)2-10/h1,7H,2H2. The lowest BCUT2D eigenvalue weighted by Crippen LogP contribution is -2.10. The number of halogens is 7. The molecule has 0 aliphatic carbocycles. The predicted molar refractivity (Wildman–Crippen MR) is 51.5 cm³/mol. The number of hydrogen-bond donors (Lipinski definition) is 0. The summed E-state index contributed by atoms with van der Waals surface area (Å²) in [6.07, 6.45) is -7.80. The van der Waals surface area contributed by atoms with Crippen LogP contribution in [0.4, 0.5) is 22.0 Å². The molecule has 0 N–H and O–H groups in total. The Labute approximate surface area is 101 Å². The number of aromatic nitrogens is 1. The van der Waals surface area contributed by atoms with Crippen molar-refractivity contribution in [1.82, 2.24) is 4.98 Å². The van der Waals surface area contributed by atoms with Crippen molar-refractivity contribution in [2.45, 2.75) is 18.5 Å². The van der Waals surface area contributed by atoms with Gasteiger partial charge in [0.05, 0.1) is 21.6 Å². The number of alkyl halides is 6. The van der Waals surface area contributed by atoms with Gasteiger partial charge in [0.15, 0.2) is 0 Å². The minimum atomic E-state index is -4.73. The van der Waals surface area contributed by atoms with Crippen LogP contribution in [0.2, 0.25) is 0 Å². The van der Waals surface area contributed by atoms with Crippen LogP contribution in [0.5, 0.6) is 0 Å². The average molecular weight is 324 g/mol. The van der Waals surface area contributed by atoms with Gasteiger partial charge in [-0.25, -0.2) is 13.8 Å². The summed E-state index contributed by atoms with van der Waals surface area (Å²) in [4.78, 5) is 3.34. The molecule has 0 spiro atoms. The minimum Gasteiger partial charge on any atom is -0.249 e. The van der Waals surface area contributed by atoms with Gasteiger partial charge in [0.25, 0.3) is 6.43 Å². The van der Waals surface area contributed by atoms with Crippen LogP contribution in [0, 0.1) is 0 Å². The van der Waals surface area contributed by atoms with E-state index in [0.29, 0.717) is 6.07 Å². The Morgan fingerprint density at radius 3 is 2.31 bits per heavy atom. The average Bonchev–Trinajstić information content (AvgIpc) is 2.15. The van der Waals surface area contributed by atoms with Crippen molar-refractivity contribution in [3.05, 3.63) is 27.5 Å². The van der Waals surface area contributed by atoms with E-state index in [-0.39, 0.29) is 11.6 Å². The highest BCUT2D eigenvalue weighted by atomic mass is 79.9. The van der Waals surface area contributed by atoms with Gasteiger partial charge in [-0.3, -0.25) is 0 Å². The Kier molecular flexibility index (Phi) is 4.12. The molecule has 1 aromatic rings. The van der Waals surface area contributed by atoms with Gasteiger partial charge in [-0.15, -0.1) is 11.6 Å². The molecule has 0 bridgehead atoms. The maximum absolute atomic E-state index is 12.5. The van der Waals surface area contributed by atoms with Gasteiger partial charge in [0.1, 0.15) is 5.69 Å². The van der Waals surface area contributed by atoms with Crippen LogP contribution in [0.25, 0.3) is 0 Å². The zero-order valence-electron chi connectivity index (χ0n) is 7.45. The highest BCUT2D eigenvalue weighted by molar-refractivity contribution is 9.10. The largest absolute Gasteiger partial charge is 0.417 e. The second-order valence-electron chi connectivity index (χ2n) is 2.79. The van der Waals surface area contributed by atoms with E-state index in [0.717, 1.165) is 0 Å². The van der Waals surface area contributed by atoms with Crippen LogP contribution < -0.4 is 0 Å². The molecule has 0 aliphatic rings. The van der Waals surface area contributed by atoms with E-state index in [2.05, 4.69) is 20.9 Å². The molecule has 0 atom stereocenters. The van der Waals surface area contributed by atoms with Gasteiger partial charge < -0.3 is 0 Å². The van der Waals surface area contributed by atoms with Crippen molar-refractivity contribution in [2.75, 3.05) is 0 Å². The molecule has 0 saturated carbocycles. The molecule has 1 rings (SSSR count). The Bertz CT molecular complexity index is 393. The molecule has 1 aromatic heterocycles. The fraction of sp³-hybridized carbons (Fsp3) is 0.375. The number of nitrogens with zero attached hydrogens (tertiary/aromatic N) is 1. The molecule has 0 radical (unpaired) electrons. The van der Waals surface area contributed by atoms with Crippen molar-refractivity contribution < 1.29 is 22.0 Å². The van der Waals surface area contributed by atoms with Crippen LogP contribution in [-0.2, 0) is 12.1 Å². The van der Waals surface area contributed by atoms with Gasteiger partial charge in [-0.2, -0.15) is 13.2 Å². The molecule has 1 heterocycles. The van der Waals surface area contributed by atoms with Gasteiger partial charge in [-0.1, -0.05) is 0 Å². The molecule has 0 amide bonds. The maximum Gasteiger partial charge on any atom is 0.417 e. The zero-order valence-corrected chi connectivity index (χ0v) is 9.80. The van der Waals surface area contributed by atoms with Gasteiger partial charge in [0.2, 0.25) is 0 Å². The van der Waals surface area contributed by atoms with E-state index in [4.69, 9.17) is 11.6 Å². The molecule has 8 heteroatoms. The molecular weight excluding hydrogens is 320 g/mol. The first-order chi connectivity index (χ1) is 7.27. The zero-order chi connectivity index (χ0) is 12.5. The Balaban J connectivity index is 3.42. The van der Waals surface area contributed by atoms with Gasteiger partial charge in [0, 0.05) is 0 Å². The summed E-state index contributed by atoms with van der Waals surface area (Å²) in [6.45, 7) is 0. The number of rotatable bonds is 2. The third-order valence-corrected chi connectivity index (χ3v) is 2.84. The Hall–Kier alpha value is -0.430. The summed E-state index contributed by atoms with van der Waals surface area (Å²) in [5.74, 6) is -0.385. The maximum atomic E-state index is 12.5. The van der Waals surface area contributed by atoms with E-state index in [9.17, 15) is 22.0 Å². The van der Waals surface area contributed by atoms with Crippen LogP contribution >= 0.6 is 27.5 Å². The van der Waals surface area contributed by atoms with E-state index in [1.165, 1.54) is 0 Å². The fourth-order valence-electron chi connectivity index (χ4n) is 1.01. The molecule has 0 unspecified atom stereocenters. The summed E-state index contributed by atoms with van der Waals surface area (Å²) in [5.41, 5.74) is -2.40. The molecule has 16 heavy (non-hydrogen) atoms. The third kappa shape index (κ3) is 2.82. The summed E-state index contributed by atoms with van der Waals surface area (Å²) in [6, 6.07) is 0.310. The molecular formula is C8H4BrClF5N. The highest BCUT2D eigenvalue weighted by Gasteiger charge is 2.35. The first-order valence-electron chi connectivity index (χ1n) is 3.88. The lowest BCUT2D eigenvalue weighted by Gasteiger charge is -2.13. The smallest absolute Gasteiger partial charge is 0.249 e. The number of hydrogen-bond acceptors (Lipinski definition) is 1. The SMILES string of the molecule is FC(F)c1cc(C(F)(F)F)c(Br)c(CCl)n1. The van der Waals surface area contributed by atoms with Crippen molar-refractivity contribution in [3.8, 4) is 0 Å². The van der Waals surface area contributed by atoms with Crippen molar-refractivity contribution in [3.63, 3.8) is 0 Å². The molecule has 1 nitrogen and oxygen atoms in total. The highest BCUT2D eigenvalue weighted by Crippen LogP contribution is 2.38. The van der Waals surface area contributed by atoms with E-state index in [1.807, 2.05) is 0 Å². The Morgan fingerprint density at radius 2 is 1.94 bits per heavy atom. The monoisotopic (exact) mass is 323 g/mol. The lowest BCUT2D eigenvalue weighted by molar-refractivity contribution is -0.138. The molecule has 90 valence electrons. The van der Waals surface area contributed by atoms with Crippen LogP contribution in [-0.4, -0.2) is 4.98 Å². The number of pyridine rings is 1. The van der Waals surface area contributed by atoms with Crippen LogP contribution in [0.15, 0.2) is 10.5 Å². The van der Waals surface area contributed by atoms with Crippen LogP contribution in [0.3, 0.4) is 0 Å². The molecule has 0 aromatic carbocycles. The minimum absolute atomic E-state index is 0.258. The second kappa shape index (κ2) is 4.83. The molecule has 0 fully saturated rings. The van der Waals surface area contributed by atoms with Gasteiger partial charge in [-0.05, 0) is 22.0 Å². The quantitative estimate of drug-likeness (QED) is 0.575. The summed E-state index contributed by atoms with van der Waals surface area (Å²) < 4.78 is 61.6. The molecule has 0 saturated heterocycles. The van der Waals surface area contributed by atoms with Crippen LogP contribution in [0.1, 0.15) is 23.4 Å². The van der Waals surface area contributed by atoms with Crippen molar-refractivity contribution in [1.29, 1.82) is 0 Å². The lowest BCUT2D eigenvalue weighted by atomic mass is 10.2. The first kappa shape index (κ1) is 13.6.